The molecule has 0 radical (unpaired) electrons. The number of ether oxygens (including phenoxy) is 1. The molecule has 1 aromatic heterocycles. The number of rotatable bonds is 7. The molecule has 8 nitrogen and oxygen atoms in total. The highest BCUT2D eigenvalue weighted by atomic mass is 35.5. The topological polar surface area (TPSA) is 103 Å². The van der Waals surface area contributed by atoms with Crippen molar-refractivity contribution in [2.75, 3.05) is 14.2 Å². The highest BCUT2D eigenvalue weighted by molar-refractivity contribution is 7.88. The van der Waals surface area contributed by atoms with E-state index in [0.717, 1.165) is 4.31 Å². The van der Waals surface area contributed by atoms with Gasteiger partial charge in [0.15, 0.2) is 0 Å². The molecular weight excluding hydrogens is 418 g/mol. The van der Waals surface area contributed by atoms with Gasteiger partial charge in [0.05, 0.1) is 25.0 Å². The Hall–Kier alpha value is -2.75. The number of carbonyl (C=O) groups excluding carboxylic acids is 1. The highest BCUT2D eigenvalue weighted by Crippen LogP contribution is 2.20. The maximum atomic E-state index is 12.6. The number of hydrogen-bond donors (Lipinski definition) is 0. The fourth-order valence-corrected chi connectivity index (χ4v) is 3.77. The van der Waals surface area contributed by atoms with Crippen LogP contribution in [0.5, 0.6) is 0 Å². The van der Waals surface area contributed by atoms with Gasteiger partial charge in [0.25, 0.3) is 0 Å². The molecule has 3 rings (SSSR count). The highest BCUT2D eigenvalue weighted by Gasteiger charge is 2.22. The average molecular weight is 436 g/mol. The van der Waals surface area contributed by atoms with Crippen molar-refractivity contribution in [2.24, 2.45) is 0 Å². The van der Waals surface area contributed by atoms with Crippen LogP contribution >= 0.6 is 11.6 Å². The third-order valence-corrected chi connectivity index (χ3v) is 6.16. The number of methoxy groups -OCH3 is 1. The van der Waals surface area contributed by atoms with Crippen molar-refractivity contribution in [2.45, 2.75) is 12.3 Å². The summed E-state index contributed by atoms with van der Waals surface area (Å²) in [4.78, 5) is 15.7. The van der Waals surface area contributed by atoms with Crippen molar-refractivity contribution in [1.29, 1.82) is 0 Å². The first-order valence-electron chi connectivity index (χ1n) is 8.48. The Morgan fingerprint density at radius 2 is 1.79 bits per heavy atom. The van der Waals surface area contributed by atoms with Crippen LogP contribution < -0.4 is 0 Å². The molecule has 0 bridgehead atoms. The summed E-state index contributed by atoms with van der Waals surface area (Å²) < 4.78 is 36.2. The van der Waals surface area contributed by atoms with Gasteiger partial charge in [-0.15, -0.1) is 0 Å². The van der Waals surface area contributed by atoms with E-state index in [1.54, 1.807) is 36.4 Å². The Labute approximate surface area is 173 Å². The van der Waals surface area contributed by atoms with Crippen molar-refractivity contribution in [1.82, 2.24) is 14.4 Å². The quantitative estimate of drug-likeness (QED) is 0.525. The molecule has 0 amide bonds. The van der Waals surface area contributed by atoms with Crippen molar-refractivity contribution in [3.8, 4) is 11.4 Å². The molecular formula is C19H18ClN3O5S. The van der Waals surface area contributed by atoms with Gasteiger partial charge in [-0.3, -0.25) is 0 Å². The van der Waals surface area contributed by atoms with Gasteiger partial charge in [-0.05, 0) is 42.0 Å². The lowest BCUT2D eigenvalue weighted by atomic mass is 10.1. The number of benzene rings is 2. The van der Waals surface area contributed by atoms with E-state index in [0.29, 0.717) is 27.5 Å². The lowest BCUT2D eigenvalue weighted by molar-refractivity contribution is 0.0600. The molecule has 0 N–H and O–H groups in total. The fourth-order valence-electron chi connectivity index (χ4n) is 2.50. The minimum Gasteiger partial charge on any atom is -0.465 e. The van der Waals surface area contributed by atoms with Crippen molar-refractivity contribution >= 4 is 27.6 Å². The third-order valence-electron chi connectivity index (χ3n) is 4.13. The lowest BCUT2D eigenvalue weighted by Crippen LogP contribution is -2.27. The van der Waals surface area contributed by atoms with Crippen LogP contribution in [0.1, 0.15) is 21.8 Å². The first-order chi connectivity index (χ1) is 13.8. The Balaban J connectivity index is 1.67. The van der Waals surface area contributed by atoms with Crippen LogP contribution in [0.15, 0.2) is 53.1 Å². The van der Waals surface area contributed by atoms with Gasteiger partial charge in [0.1, 0.15) is 0 Å². The van der Waals surface area contributed by atoms with Crippen molar-refractivity contribution in [3.63, 3.8) is 0 Å². The predicted octanol–water partition coefficient (Wildman–Crippen LogP) is 3.14. The molecule has 0 aliphatic heterocycles. The molecule has 0 spiro atoms. The number of esters is 1. The second-order valence-electron chi connectivity index (χ2n) is 6.22. The van der Waals surface area contributed by atoms with Crippen LogP contribution in [0.3, 0.4) is 0 Å². The predicted molar refractivity (Wildman–Crippen MR) is 107 cm³/mol. The summed E-state index contributed by atoms with van der Waals surface area (Å²) in [5, 5.41) is 4.46. The van der Waals surface area contributed by atoms with E-state index < -0.39 is 16.0 Å². The summed E-state index contributed by atoms with van der Waals surface area (Å²) in [7, 11) is -0.921. The summed E-state index contributed by atoms with van der Waals surface area (Å²) in [6, 6.07) is 13.1. The summed E-state index contributed by atoms with van der Waals surface area (Å²) in [6.45, 7) is -0.0663. The van der Waals surface area contributed by atoms with E-state index in [1.807, 2.05) is 0 Å². The fraction of sp³-hybridized carbons (Fsp3) is 0.211. The minimum atomic E-state index is -3.64. The molecule has 0 atom stereocenters. The van der Waals surface area contributed by atoms with E-state index in [4.69, 9.17) is 16.1 Å². The van der Waals surface area contributed by atoms with Crippen LogP contribution in [0.4, 0.5) is 0 Å². The molecule has 0 saturated carbocycles. The molecule has 10 heteroatoms. The SMILES string of the molecule is COC(=O)c1ccc(CS(=O)(=O)N(C)Cc2nc(-c3ccc(Cl)cc3)no2)cc1. The average Bonchev–Trinajstić information content (AvgIpc) is 3.16. The number of hydrogen-bond acceptors (Lipinski definition) is 7. The van der Waals surface area contributed by atoms with Crippen molar-refractivity contribution < 1.29 is 22.5 Å². The molecule has 2 aromatic carbocycles. The first-order valence-corrected chi connectivity index (χ1v) is 10.5. The molecule has 0 aliphatic carbocycles. The van der Waals surface area contributed by atoms with Crippen LogP contribution in [0.25, 0.3) is 11.4 Å². The van der Waals surface area contributed by atoms with Crippen molar-refractivity contribution in [3.05, 3.63) is 70.6 Å². The van der Waals surface area contributed by atoms with E-state index in [9.17, 15) is 13.2 Å². The van der Waals surface area contributed by atoms with Gasteiger partial charge < -0.3 is 9.26 Å². The molecule has 0 unspecified atom stereocenters. The Kier molecular flexibility index (Phi) is 6.31. The lowest BCUT2D eigenvalue weighted by Gasteiger charge is -2.15. The van der Waals surface area contributed by atoms with E-state index in [1.165, 1.54) is 26.3 Å². The van der Waals surface area contributed by atoms with Gasteiger partial charge in [0.2, 0.25) is 21.7 Å². The molecule has 152 valence electrons. The van der Waals surface area contributed by atoms with Gasteiger partial charge >= 0.3 is 5.97 Å². The van der Waals surface area contributed by atoms with Gasteiger partial charge in [-0.25, -0.2) is 13.2 Å². The minimum absolute atomic E-state index is 0.0663. The number of aromatic nitrogens is 2. The summed E-state index contributed by atoms with van der Waals surface area (Å²) in [5.74, 6) is -0.198. The van der Waals surface area contributed by atoms with Crippen LogP contribution in [-0.4, -0.2) is 43.0 Å². The van der Waals surface area contributed by atoms with E-state index >= 15 is 0 Å². The molecule has 1 heterocycles. The van der Waals surface area contributed by atoms with Gasteiger partial charge in [-0.2, -0.15) is 9.29 Å². The number of halogens is 1. The van der Waals surface area contributed by atoms with Gasteiger partial charge in [-0.1, -0.05) is 28.9 Å². The summed E-state index contributed by atoms with van der Waals surface area (Å²) >= 11 is 5.86. The molecule has 0 fully saturated rings. The molecule has 0 aliphatic rings. The maximum absolute atomic E-state index is 12.6. The van der Waals surface area contributed by atoms with Gasteiger partial charge in [0, 0.05) is 17.6 Å². The standard InChI is InChI=1S/C19H18ClN3O5S/c1-23(11-17-21-18(22-28-17)14-7-9-16(20)10-8-14)29(25,26)12-13-3-5-15(6-4-13)19(24)27-2/h3-10H,11-12H2,1-2H3. The zero-order valence-corrected chi connectivity index (χ0v) is 17.3. The van der Waals surface area contributed by atoms with Crippen LogP contribution in [-0.2, 0) is 27.1 Å². The monoisotopic (exact) mass is 435 g/mol. The Morgan fingerprint density at radius 3 is 2.41 bits per heavy atom. The summed E-state index contributed by atoms with van der Waals surface area (Å²) in [5.41, 5.74) is 1.60. The smallest absolute Gasteiger partial charge is 0.337 e. The second kappa shape index (κ2) is 8.73. The number of sulfonamides is 1. The van der Waals surface area contributed by atoms with Crippen LogP contribution in [0, 0.1) is 0 Å². The van der Waals surface area contributed by atoms with Crippen LogP contribution in [0.2, 0.25) is 5.02 Å². The second-order valence-corrected chi connectivity index (χ2v) is 8.73. The molecule has 0 saturated heterocycles. The zero-order chi connectivity index (χ0) is 21.0. The third kappa shape index (κ3) is 5.20. The normalized spacial score (nSPS) is 11.6. The molecule has 29 heavy (non-hydrogen) atoms. The maximum Gasteiger partial charge on any atom is 0.337 e. The number of carbonyl (C=O) groups is 1. The summed E-state index contributed by atoms with van der Waals surface area (Å²) in [6.07, 6.45) is 0. The Morgan fingerprint density at radius 1 is 1.14 bits per heavy atom. The largest absolute Gasteiger partial charge is 0.465 e. The zero-order valence-electron chi connectivity index (χ0n) is 15.7. The number of nitrogens with zero attached hydrogens (tertiary/aromatic N) is 3. The molecule has 3 aromatic rings. The Bertz CT molecular complexity index is 1100. The van der Waals surface area contributed by atoms with E-state index in [-0.39, 0.29) is 18.2 Å². The van der Waals surface area contributed by atoms with E-state index in [2.05, 4.69) is 14.9 Å². The first kappa shape index (κ1) is 21.0.